The molecule has 60 heavy (non-hydrogen) atoms. The Labute approximate surface area is 357 Å². The second-order valence-corrected chi connectivity index (χ2v) is 15.7. The van der Waals surface area contributed by atoms with Gasteiger partial charge in [0.2, 0.25) is 0 Å². The van der Waals surface area contributed by atoms with E-state index in [-0.39, 0.29) is 36.2 Å². The van der Waals surface area contributed by atoms with Crippen LogP contribution in [0.3, 0.4) is 0 Å². The van der Waals surface area contributed by atoms with Crippen molar-refractivity contribution in [3.63, 3.8) is 0 Å². The van der Waals surface area contributed by atoms with Crippen LogP contribution in [0.2, 0.25) is 10.0 Å². The number of pyridine rings is 2. The Hall–Kier alpha value is -5.14. The Morgan fingerprint density at radius 1 is 0.700 bits per heavy atom. The predicted octanol–water partition coefficient (Wildman–Crippen LogP) is 9.74. The largest absolute Gasteiger partial charge is 0.446 e. The standard InChI is InChI=1S/C21H19ClF3N3O3.C18H14BrClF3N3O3/c1-11-7-13(21(23,24)25)8-18(26-11)28-17(10-31-20(28)30)19(29)27(2)14-5-6-15(12-3-4-12)16(22)9-14;1-9-5-10(18(21,22)23)6-15(24-9)26-14(8-29-17(26)28)16(27)25(2)11-3-4-12(19)13(20)7-11/h5-9,12,17H,3-4,10H2,1-2H3;3-7,14H,8H2,1-2H3/t17-;14-/m00/s1. The first-order chi connectivity index (χ1) is 28.0. The summed E-state index contributed by atoms with van der Waals surface area (Å²) in [6.07, 6.45) is -8.97. The third kappa shape index (κ3) is 9.57. The fourth-order valence-electron chi connectivity index (χ4n) is 6.43. The molecule has 2 saturated heterocycles. The van der Waals surface area contributed by atoms with E-state index in [1.165, 1.54) is 43.8 Å². The lowest BCUT2D eigenvalue weighted by atomic mass is 10.1. The molecule has 4 aromatic rings. The van der Waals surface area contributed by atoms with Crippen LogP contribution < -0.4 is 19.6 Å². The van der Waals surface area contributed by atoms with Crippen LogP contribution in [0.15, 0.2) is 65.1 Å². The third-order valence-electron chi connectivity index (χ3n) is 9.68. The minimum absolute atomic E-state index is 0.0498. The first-order valence-electron chi connectivity index (χ1n) is 17.9. The van der Waals surface area contributed by atoms with Crippen LogP contribution in [-0.4, -0.2) is 73.4 Å². The molecule has 318 valence electrons. The molecule has 1 saturated carbocycles. The number of rotatable bonds is 7. The van der Waals surface area contributed by atoms with Crippen LogP contribution in [0.1, 0.15) is 46.8 Å². The van der Waals surface area contributed by atoms with Crippen molar-refractivity contribution in [3.05, 3.63) is 103 Å². The van der Waals surface area contributed by atoms with Gasteiger partial charge in [0.15, 0.2) is 12.1 Å². The average Bonchev–Trinajstić information content (AvgIpc) is 3.84. The number of halogens is 9. The van der Waals surface area contributed by atoms with Crippen molar-refractivity contribution in [1.29, 1.82) is 0 Å². The Balaban J connectivity index is 0.000000202. The van der Waals surface area contributed by atoms with Crippen molar-refractivity contribution in [2.24, 2.45) is 0 Å². The Bertz CT molecular complexity index is 2370. The molecular formula is C39H33BrCl2F6N6O6. The van der Waals surface area contributed by atoms with E-state index in [1.54, 1.807) is 24.3 Å². The van der Waals surface area contributed by atoms with Gasteiger partial charge in [-0.1, -0.05) is 29.3 Å². The summed E-state index contributed by atoms with van der Waals surface area (Å²) in [5, 5.41) is 0.915. The molecule has 0 bridgehead atoms. The highest BCUT2D eigenvalue weighted by Gasteiger charge is 2.44. The van der Waals surface area contributed by atoms with Crippen LogP contribution in [0.5, 0.6) is 0 Å². The molecule has 4 amide bonds. The van der Waals surface area contributed by atoms with Crippen molar-refractivity contribution in [2.75, 3.05) is 46.9 Å². The lowest BCUT2D eigenvalue weighted by molar-refractivity contribution is -0.138. The van der Waals surface area contributed by atoms with Gasteiger partial charge < -0.3 is 19.3 Å². The average molecular weight is 947 g/mol. The van der Waals surface area contributed by atoms with E-state index in [2.05, 4.69) is 25.9 Å². The number of ether oxygens (including phenoxy) is 2. The second kappa shape index (κ2) is 17.1. The summed E-state index contributed by atoms with van der Waals surface area (Å²) in [7, 11) is 2.98. The molecule has 0 radical (unpaired) electrons. The number of aryl methyl sites for hydroxylation is 2. The summed E-state index contributed by atoms with van der Waals surface area (Å²) in [4.78, 5) is 62.9. The molecule has 0 unspecified atom stereocenters. The lowest BCUT2D eigenvalue weighted by Crippen LogP contribution is -2.47. The summed E-state index contributed by atoms with van der Waals surface area (Å²) in [6, 6.07) is 11.0. The van der Waals surface area contributed by atoms with Gasteiger partial charge in [-0.15, -0.1) is 0 Å². The van der Waals surface area contributed by atoms with Crippen LogP contribution in [-0.2, 0) is 31.4 Å². The minimum atomic E-state index is -4.63. The van der Waals surface area contributed by atoms with E-state index in [1.807, 2.05) is 6.07 Å². The third-order valence-corrected chi connectivity index (χ3v) is 11.2. The van der Waals surface area contributed by atoms with E-state index in [0.717, 1.165) is 52.5 Å². The molecule has 2 aliphatic heterocycles. The fourth-order valence-corrected chi connectivity index (χ4v) is 7.18. The summed E-state index contributed by atoms with van der Waals surface area (Å²) in [6.45, 7) is 2.13. The number of carbonyl (C=O) groups excluding carboxylic acids is 4. The maximum atomic E-state index is 13.2. The Morgan fingerprint density at radius 2 is 1.12 bits per heavy atom. The zero-order chi connectivity index (χ0) is 44.0. The quantitative estimate of drug-likeness (QED) is 0.168. The molecule has 3 fully saturated rings. The van der Waals surface area contributed by atoms with Gasteiger partial charge in [-0.2, -0.15) is 26.3 Å². The van der Waals surface area contributed by atoms with Gasteiger partial charge in [0.25, 0.3) is 11.8 Å². The molecule has 12 nitrogen and oxygen atoms in total. The first kappa shape index (κ1) is 44.4. The molecule has 21 heteroatoms. The van der Waals surface area contributed by atoms with E-state index in [4.69, 9.17) is 32.7 Å². The van der Waals surface area contributed by atoms with Gasteiger partial charge in [-0.25, -0.2) is 29.4 Å². The number of cyclic esters (lactones) is 2. The molecule has 2 atom stereocenters. The van der Waals surface area contributed by atoms with Crippen LogP contribution in [0, 0.1) is 13.8 Å². The van der Waals surface area contributed by atoms with Gasteiger partial charge in [0, 0.05) is 46.4 Å². The van der Waals surface area contributed by atoms with E-state index in [9.17, 15) is 45.5 Å². The number of carbonyl (C=O) groups is 4. The number of nitrogens with zero attached hydrogens (tertiary/aromatic N) is 6. The normalized spacial score (nSPS) is 17.8. The van der Waals surface area contributed by atoms with Gasteiger partial charge in [0.1, 0.15) is 24.8 Å². The van der Waals surface area contributed by atoms with Gasteiger partial charge in [0.05, 0.1) is 16.1 Å². The van der Waals surface area contributed by atoms with Crippen LogP contribution in [0.25, 0.3) is 0 Å². The molecule has 2 aromatic heterocycles. The van der Waals surface area contributed by atoms with Crippen molar-refractivity contribution in [1.82, 2.24) is 9.97 Å². The first-order valence-corrected chi connectivity index (χ1v) is 19.4. The number of hydrogen-bond donors (Lipinski definition) is 0. The van der Waals surface area contributed by atoms with Gasteiger partial charge >= 0.3 is 24.5 Å². The highest BCUT2D eigenvalue weighted by atomic mass is 79.9. The highest BCUT2D eigenvalue weighted by molar-refractivity contribution is 9.10. The SMILES string of the molecule is Cc1cc(C(F)(F)F)cc(N2C(=O)OC[C@H]2C(=O)N(C)c2ccc(Br)c(Cl)c2)n1.Cc1cc(C(F)(F)F)cc(N2C(=O)OC[C@H]2C(=O)N(C)c2ccc(C3CC3)c(Cl)c2)n1. The lowest BCUT2D eigenvalue weighted by Gasteiger charge is -2.26. The zero-order valence-electron chi connectivity index (χ0n) is 31.9. The monoisotopic (exact) mass is 944 g/mol. The van der Waals surface area contributed by atoms with Crippen molar-refractivity contribution < 1.29 is 55.0 Å². The number of aromatic nitrogens is 2. The molecule has 3 aliphatic rings. The number of amides is 4. The fraction of sp³-hybridized carbons (Fsp3) is 0.333. The Kier molecular flexibility index (Phi) is 12.6. The maximum absolute atomic E-state index is 13.2. The van der Waals surface area contributed by atoms with Crippen LogP contribution >= 0.6 is 39.1 Å². The number of likely N-dealkylation sites (N-methyl/N-ethyl adjacent to an activating group) is 2. The predicted molar refractivity (Wildman–Crippen MR) is 213 cm³/mol. The smallest absolute Gasteiger partial charge is 0.416 e. The van der Waals surface area contributed by atoms with Crippen molar-refractivity contribution in [3.8, 4) is 0 Å². The highest BCUT2D eigenvalue weighted by Crippen LogP contribution is 2.44. The van der Waals surface area contributed by atoms with E-state index in [0.29, 0.717) is 31.8 Å². The zero-order valence-corrected chi connectivity index (χ0v) is 35.0. The summed E-state index contributed by atoms with van der Waals surface area (Å²) < 4.78 is 89.7. The molecule has 1 aliphatic carbocycles. The molecule has 0 N–H and O–H groups in total. The second-order valence-electron chi connectivity index (χ2n) is 14.0. The van der Waals surface area contributed by atoms with Crippen molar-refractivity contribution in [2.45, 2.75) is 57.0 Å². The van der Waals surface area contributed by atoms with Crippen LogP contribution in [0.4, 0.5) is 58.9 Å². The number of benzene rings is 2. The molecular weight excluding hydrogens is 913 g/mol. The maximum Gasteiger partial charge on any atom is 0.416 e. The molecule has 7 rings (SSSR count). The number of alkyl halides is 6. The molecule has 2 aromatic carbocycles. The molecule has 0 spiro atoms. The Morgan fingerprint density at radius 3 is 1.50 bits per heavy atom. The summed E-state index contributed by atoms with van der Waals surface area (Å²) in [5.74, 6) is -1.25. The molecule has 4 heterocycles. The van der Waals surface area contributed by atoms with Gasteiger partial charge in [-0.05, 0) is 109 Å². The summed E-state index contributed by atoms with van der Waals surface area (Å²) in [5.41, 5.74) is 0.148. The minimum Gasteiger partial charge on any atom is -0.446 e. The topological polar surface area (TPSA) is 125 Å². The number of anilines is 4. The number of hydrogen-bond acceptors (Lipinski definition) is 8. The summed E-state index contributed by atoms with van der Waals surface area (Å²) >= 11 is 15.7. The van der Waals surface area contributed by atoms with Crippen molar-refractivity contribution >= 4 is 86.1 Å². The van der Waals surface area contributed by atoms with Gasteiger partial charge in [-0.3, -0.25) is 9.59 Å². The van der Waals surface area contributed by atoms with E-state index >= 15 is 0 Å². The van der Waals surface area contributed by atoms with E-state index < -0.39 is 59.6 Å².